The van der Waals surface area contributed by atoms with Crippen LogP contribution >= 0.6 is 0 Å². The molecule has 0 unspecified atom stereocenters. The molecular weight excluding hydrogens is 364 g/mol. The topological polar surface area (TPSA) is 68.7 Å². The smallest absolute Gasteiger partial charge is 0.265 e. The lowest BCUT2D eigenvalue weighted by molar-refractivity contribution is 0.414. The summed E-state index contributed by atoms with van der Waals surface area (Å²) in [6, 6.07) is 12.6. The van der Waals surface area contributed by atoms with Crippen molar-refractivity contribution >= 4 is 26.7 Å². The van der Waals surface area contributed by atoms with Gasteiger partial charge in [-0.1, -0.05) is 0 Å². The number of hydrogen-bond acceptors (Lipinski definition) is 5. The van der Waals surface area contributed by atoms with Gasteiger partial charge in [-0.3, -0.25) is 0 Å². The molecule has 0 aliphatic carbocycles. The zero-order valence-electron chi connectivity index (χ0n) is 15.4. The summed E-state index contributed by atoms with van der Waals surface area (Å²) in [5.74, 6) is 1.81. The molecule has 6 nitrogen and oxygen atoms in total. The summed E-state index contributed by atoms with van der Waals surface area (Å²) < 4.78 is 38.4. The Balaban J connectivity index is 1.82. The van der Waals surface area contributed by atoms with Crippen LogP contribution in [0.5, 0.6) is 11.5 Å². The largest absolute Gasteiger partial charge is 0.497 e. The van der Waals surface area contributed by atoms with Crippen LogP contribution in [0.3, 0.4) is 0 Å². The molecule has 0 saturated heterocycles. The van der Waals surface area contributed by atoms with Crippen LogP contribution in [0.15, 0.2) is 47.4 Å². The molecule has 0 atom stereocenters. The van der Waals surface area contributed by atoms with Crippen LogP contribution in [0.25, 0.3) is 10.9 Å². The Kier molecular flexibility index (Phi) is 4.19. The predicted molar refractivity (Wildman–Crippen MR) is 104 cm³/mol. The summed E-state index contributed by atoms with van der Waals surface area (Å²) in [5, 5.41) is 0.967. The fourth-order valence-corrected chi connectivity index (χ4v) is 5.09. The van der Waals surface area contributed by atoms with E-state index in [1.165, 1.54) is 4.31 Å². The van der Waals surface area contributed by atoms with Crippen molar-refractivity contribution in [2.75, 3.05) is 25.1 Å². The predicted octanol–water partition coefficient (Wildman–Crippen LogP) is 3.31. The lowest BCUT2D eigenvalue weighted by Gasteiger charge is -2.20. The zero-order valence-corrected chi connectivity index (χ0v) is 16.2. The molecule has 1 aliphatic heterocycles. The highest BCUT2D eigenvalue weighted by molar-refractivity contribution is 7.92. The van der Waals surface area contributed by atoms with Crippen molar-refractivity contribution < 1.29 is 17.9 Å². The molecule has 140 valence electrons. The van der Waals surface area contributed by atoms with E-state index >= 15 is 0 Å². The Hall–Kier alpha value is -2.80. The summed E-state index contributed by atoms with van der Waals surface area (Å²) in [6.07, 6.45) is 0.638. The lowest BCUT2D eigenvalue weighted by atomic mass is 10.1. The summed E-state index contributed by atoms with van der Waals surface area (Å²) in [5.41, 5.74) is 2.29. The van der Waals surface area contributed by atoms with E-state index in [0.717, 1.165) is 10.9 Å². The normalized spacial score (nSPS) is 13.7. The molecular formula is C20H20N2O4S. The van der Waals surface area contributed by atoms with E-state index < -0.39 is 10.0 Å². The number of methoxy groups -OCH3 is 2. The molecule has 7 heteroatoms. The SMILES string of the molecule is COc1ccc(S(=O)(=O)N2CCc3cc4ccc(OC)cc4nc32)c(C)c1. The number of rotatable bonds is 4. The standard InChI is InChI=1S/C20H20N2O4S/c1-13-10-16(25-2)6-7-19(13)27(23,24)22-9-8-15-11-14-4-5-17(26-3)12-18(14)21-20(15)22/h4-7,10-12H,8-9H2,1-3H3. The number of nitrogens with zero attached hydrogens (tertiary/aromatic N) is 2. The summed E-state index contributed by atoms with van der Waals surface area (Å²) in [4.78, 5) is 4.91. The van der Waals surface area contributed by atoms with Crippen molar-refractivity contribution in [3.63, 3.8) is 0 Å². The minimum absolute atomic E-state index is 0.267. The Bertz CT molecular complexity index is 1140. The monoisotopic (exact) mass is 384 g/mol. The average molecular weight is 384 g/mol. The van der Waals surface area contributed by atoms with E-state index in [4.69, 9.17) is 9.47 Å². The number of pyridine rings is 1. The van der Waals surface area contributed by atoms with Crippen molar-refractivity contribution in [1.82, 2.24) is 4.98 Å². The Morgan fingerprint density at radius 2 is 1.70 bits per heavy atom. The van der Waals surface area contributed by atoms with Gasteiger partial charge in [-0.25, -0.2) is 17.7 Å². The summed E-state index contributed by atoms with van der Waals surface area (Å²) in [6.45, 7) is 2.15. The lowest BCUT2D eigenvalue weighted by Crippen LogP contribution is -2.30. The van der Waals surface area contributed by atoms with Crippen molar-refractivity contribution in [3.8, 4) is 11.5 Å². The quantitative estimate of drug-likeness (QED) is 0.690. The van der Waals surface area contributed by atoms with Gasteiger partial charge in [0.2, 0.25) is 0 Å². The number of aryl methyl sites for hydroxylation is 1. The molecule has 1 aliphatic rings. The molecule has 2 aromatic carbocycles. The van der Waals surface area contributed by atoms with Gasteiger partial charge in [-0.2, -0.15) is 0 Å². The van der Waals surface area contributed by atoms with Crippen molar-refractivity contribution in [2.45, 2.75) is 18.2 Å². The number of benzene rings is 2. The third-order valence-corrected chi connectivity index (χ3v) is 6.80. The molecule has 0 fully saturated rings. The molecule has 0 amide bonds. The fourth-order valence-electron chi connectivity index (χ4n) is 3.43. The van der Waals surface area contributed by atoms with Gasteiger partial charge in [0.15, 0.2) is 0 Å². The van der Waals surface area contributed by atoms with Crippen LogP contribution in [0.4, 0.5) is 5.82 Å². The number of fused-ring (bicyclic) bond motifs is 2. The van der Waals surface area contributed by atoms with Crippen LogP contribution in [0.2, 0.25) is 0 Å². The van der Waals surface area contributed by atoms with Gasteiger partial charge in [-0.05, 0) is 60.9 Å². The molecule has 0 radical (unpaired) electrons. The van der Waals surface area contributed by atoms with Gasteiger partial charge in [0.05, 0.1) is 24.6 Å². The third-order valence-electron chi connectivity index (χ3n) is 4.85. The van der Waals surface area contributed by atoms with E-state index in [9.17, 15) is 8.42 Å². The van der Waals surface area contributed by atoms with E-state index in [2.05, 4.69) is 4.98 Å². The highest BCUT2D eigenvalue weighted by atomic mass is 32.2. The molecule has 4 rings (SSSR count). The highest BCUT2D eigenvalue weighted by Gasteiger charge is 2.33. The van der Waals surface area contributed by atoms with Crippen LogP contribution in [-0.2, 0) is 16.4 Å². The number of ether oxygens (including phenoxy) is 2. The molecule has 0 bridgehead atoms. The molecule has 0 N–H and O–H groups in total. The first-order chi connectivity index (χ1) is 12.9. The molecule has 0 spiro atoms. The van der Waals surface area contributed by atoms with E-state index in [-0.39, 0.29) is 4.90 Å². The first-order valence-corrected chi connectivity index (χ1v) is 10.0. The minimum atomic E-state index is -3.71. The number of anilines is 1. The summed E-state index contributed by atoms with van der Waals surface area (Å²) in [7, 11) is -0.555. The summed E-state index contributed by atoms with van der Waals surface area (Å²) >= 11 is 0. The number of sulfonamides is 1. The molecule has 0 saturated carbocycles. The first-order valence-electron chi connectivity index (χ1n) is 8.59. The second kappa shape index (κ2) is 6.42. The molecule has 27 heavy (non-hydrogen) atoms. The van der Waals surface area contributed by atoms with Crippen LogP contribution in [-0.4, -0.2) is 34.2 Å². The minimum Gasteiger partial charge on any atom is -0.497 e. The number of aromatic nitrogens is 1. The second-order valence-electron chi connectivity index (χ2n) is 6.49. The van der Waals surface area contributed by atoms with Gasteiger partial charge >= 0.3 is 0 Å². The Labute approximate surface area is 158 Å². The number of hydrogen-bond donors (Lipinski definition) is 0. The second-order valence-corrected chi connectivity index (χ2v) is 8.32. The molecule has 2 heterocycles. The van der Waals surface area contributed by atoms with Crippen LogP contribution in [0, 0.1) is 6.92 Å². The van der Waals surface area contributed by atoms with Crippen LogP contribution in [0.1, 0.15) is 11.1 Å². The van der Waals surface area contributed by atoms with Crippen molar-refractivity contribution in [2.24, 2.45) is 0 Å². The van der Waals surface area contributed by atoms with Gasteiger partial charge in [-0.15, -0.1) is 0 Å². The van der Waals surface area contributed by atoms with Gasteiger partial charge < -0.3 is 9.47 Å². The molecule has 1 aromatic heterocycles. The third kappa shape index (κ3) is 2.88. The van der Waals surface area contributed by atoms with Crippen molar-refractivity contribution in [1.29, 1.82) is 0 Å². The maximum atomic E-state index is 13.3. The maximum Gasteiger partial charge on any atom is 0.265 e. The fraction of sp³-hybridized carbons (Fsp3) is 0.250. The highest BCUT2D eigenvalue weighted by Crippen LogP contribution is 2.35. The van der Waals surface area contributed by atoms with E-state index in [1.54, 1.807) is 39.3 Å². The van der Waals surface area contributed by atoms with Gasteiger partial charge in [0, 0.05) is 18.0 Å². The zero-order chi connectivity index (χ0) is 19.2. The van der Waals surface area contributed by atoms with Gasteiger partial charge in [0.25, 0.3) is 10.0 Å². The Morgan fingerprint density at radius 1 is 1.00 bits per heavy atom. The van der Waals surface area contributed by atoms with Crippen molar-refractivity contribution in [3.05, 3.63) is 53.6 Å². The average Bonchev–Trinajstić information content (AvgIpc) is 3.08. The van der Waals surface area contributed by atoms with E-state index in [0.29, 0.717) is 41.4 Å². The van der Waals surface area contributed by atoms with Gasteiger partial charge in [0.1, 0.15) is 17.3 Å². The first kappa shape index (κ1) is 17.6. The molecule has 3 aromatic rings. The maximum absolute atomic E-state index is 13.3. The Morgan fingerprint density at radius 3 is 2.41 bits per heavy atom. The van der Waals surface area contributed by atoms with Crippen LogP contribution < -0.4 is 13.8 Å². The van der Waals surface area contributed by atoms with E-state index in [1.807, 2.05) is 24.3 Å².